The molecule has 1 unspecified atom stereocenters. The Morgan fingerprint density at radius 2 is 2.10 bits per heavy atom. The molecule has 2 aromatic rings. The number of rotatable bonds is 4. The number of aromatic nitrogens is 2. The van der Waals surface area contributed by atoms with Crippen LogP contribution in [-0.2, 0) is 13.0 Å². The molecule has 108 valence electrons. The van der Waals surface area contributed by atoms with Crippen molar-refractivity contribution in [3.63, 3.8) is 0 Å². The van der Waals surface area contributed by atoms with Gasteiger partial charge in [-0.3, -0.25) is 4.68 Å². The topological polar surface area (TPSA) is 38.0 Å². The van der Waals surface area contributed by atoms with Gasteiger partial charge in [0, 0.05) is 22.5 Å². The van der Waals surface area contributed by atoms with Crippen molar-refractivity contribution in [1.82, 2.24) is 9.78 Å². The summed E-state index contributed by atoms with van der Waals surface area (Å²) in [5.74, 6) is 0. The molecule has 0 aliphatic carbocycles. The van der Waals surface area contributed by atoms with Gasteiger partial charge in [0.15, 0.2) is 0 Å². The summed E-state index contributed by atoms with van der Waals surface area (Å²) in [5.41, 5.74) is 2.36. The van der Waals surface area contributed by atoms with Gasteiger partial charge in [0.05, 0.1) is 22.5 Å². The molecule has 3 nitrogen and oxygen atoms in total. The molecule has 0 aliphatic rings. The van der Waals surface area contributed by atoms with Crippen LogP contribution in [-0.4, -0.2) is 14.9 Å². The fraction of sp³-hybridized carbons (Fsp3) is 0.357. The zero-order valence-electron chi connectivity index (χ0n) is 11.2. The fourth-order valence-corrected chi connectivity index (χ4v) is 3.03. The van der Waals surface area contributed by atoms with Crippen molar-refractivity contribution in [2.45, 2.75) is 32.9 Å². The number of hydrogen-bond donors (Lipinski definition) is 1. The lowest BCUT2D eigenvalue weighted by molar-refractivity contribution is 0.174. The Kier molecular flexibility index (Phi) is 5.13. The Morgan fingerprint density at radius 3 is 2.75 bits per heavy atom. The van der Waals surface area contributed by atoms with E-state index < -0.39 is 6.10 Å². The zero-order valence-corrected chi connectivity index (χ0v) is 14.3. The maximum absolute atomic E-state index is 10.4. The first-order valence-corrected chi connectivity index (χ1v) is 7.83. The molecule has 1 heterocycles. The Morgan fingerprint density at radius 1 is 1.40 bits per heavy atom. The molecule has 1 aromatic heterocycles. The van der Waals surface area contributed by atoms with Crippen LogP contribution >= 0.6 is 39.1 Å². The number of aryl methyl sites for hydroxylation is 2. The van der Waals surface area contributed by atoms with E-state index in [9.17, 15) is 5.11 Å². The summed E-state index contributed by atoms with van der Waals surface area (Å²) in [5, 5.41) is 16.0. The highest BCUT2D eigenvalue weighted by atomic mass is 79.9. The normalized spacial score (nSPS) is 12.7. The Bertz CT molecular complexity index is 628. The first kappa shape index (κ1) is 15.8. The van der Waals surface area contributed by atoms with Crippen LogP contribution in [0, 0.1) is 6.92 Å². The predicted molar refractivity (Wildman–Crippen MR) is 85.5 cm³/mol. The van der Waals surface area contributed by atoms with Crippen molar-refractivity contribution in [1.29, 1.82) is 0 Å². The van der Waals surface area contributed by atoms with E-state index in [1.165, 1.54) is 0 Å². The molecule has 0 aliphatic heterocycles. The molecular weight excluding hydrogens is 363 g/mol. The minimum atomic E-state index is -0.693. The van der Waals surface area contributed by atoms with Gasteiger partial charge in [-0.15, -0.1) is 0 Å². The second-order valence-electron chi connectivity index (χ2n) is 4.55. The third-order valence-electron chi connectivity index (χ3n) is 3.16. The van der Waals surface area contributed by atoms with Crippen LogP contribution in [0.5, 0.6) is 0 Å². The van der Waals surface area contributed by atoms with Gasteiger partial charge in [-0.25, -0.2) is 0 Å². The molecule has 2 rings (SSSR count). The van der Waals surface area contributed by atoms with E-state index in [0.717, 1.165) is 21.4 Å². The van der Waals surface area contributed by atoms with E-state index in [-0.39, 0.29) is 0 Å². The highest BCUT2D eigenvalue weighted by Crippen LogP contribution is 2.31. The van der Waals surface area contributed by atoms with Crippen molar-refractivity contribution in [2.75, 3.05) is 0 Å². The minimum Gasteiger partial charge on any atom is -0.388 e. The van der Waals surface area contributed by atoms with E-state index in [1.54, 1.807) is 12.1 Å². The maximum Gasteiger partial charge on any atom is 0.0857 e. The Balaban J connectivity index is 2.32. The summed E-state index contributed by atoms with van der Waals surface area (Å²) in [6.07, 6.45) is -0.297. The summed E-state index contributed by atoms with van der Waals surface area (Å²) in [7, 11) is 0. The monoisotopic (exact) mass is 376 g/mol. The zero-order chi connectivity index (χ0) is 14.9. The second-order valence-corrected chi connectivity index (χ2v) is 6.22. The molecule has 1 N–H and O–H groups in total. The average molecular weight is 378 g/mol. The highest BCUT2D eigenvalue weighted by Gasteiger charge is 2.19. The molecule has 1 atom stereocenters. The van der Waals surface area contributed by atoms with Crippen LogP contribution in [0.2, 0.25) is 10.0 Å². The van der Waals surface area contributed by atoms with Gasteiger partial charge in [0.1, 0.15) is 0 Å². The largest absolute Gasteiger partial charge is 0.388 e. The van der Waals surface area contributed by atoms with E-state index >= 15 is 0 Å². The summed E-state index contributed by atoms with van der Waals surface area (Å²) in [4.78, 5) is 0. The van der Waals surface area contributed by atoms with Crippen molar-refractivity contribution >= 4 is 39.1 Å². The summed E-state index contributed by atoms with van der Waals surface area (Å²) < 4.78 is 2.64. The van der Waals surface area contributed by atoms with Crippen molar-refractivity contribution in [3.05, 3.63) is 49.7 Å². The van der Waals surface area contributed by atoms with Gasteiger partial charge in [-0.2, -0.15) is 5.10 Å². The number of aliphatic hydroxyl groups is 1. The molecule has 0 amide bonds. The van der Waals surface area contributed by atoms with Crippen molar-refractivity contribution in [2.24, 2.45) is 0 Å². The van der Waals surface area contributed by atoms with E-state index in [4.69, 9.17) is 23.2 Å². The fourth-order valence-electron chi connectivity index (χ4n) is 2.13. The lowest BCUT2D eigenvalue weighted by Crippen LogP contribution is -2.09. The quantitative estimate of drug-likeness (QED) is 0.848. The Labute approximate surface area is 136 Å². The van der Waals surface area contributed by atoms with Crippen LogP contribution in [0.3, 0.4) is 0 Å². The molecule has 0 saturated heterocycles. The first-order chi connectivity index (χ1) is 9.43. The smallest absolute Gasteiger partial charge is 0.0857 e. The molecule has 0 radical (unpaired) electrons. The van der Waals surface area contributed by atoms with Gasteiger partial charge in [0.2, 0.25) is 0 Å². The van der Waals surface area contributed by atoms with Crippen LogP contribution in [0.25, 0.3) is 0 Å². The van der Waals surface area contributed by atoms with Gasteiger partial charge < -0.3 is 5.11 Å². The van der Waals surface area contributed by atoms with E-state index in [1.807, 2.05) is 24.6 Å². The Hall–Kier alpha value is -0.550. The second kappa shape index (κ2) is 6.48. The van der Waals surface area contributed by atoms with E-state index in [0.29, 0.717) is 23.0 Å². The van der Waals surface area contributed by atoms with Crippen LogP contribution in [0.15, 0.2) is 22.7 Å². The molecule has 0 bridgehead atoms. The molecule has 0 spiro atoms. The molecule has 6 heteroatoms. The van der Waals surface area contributed by atoms with Gasteiger partial charge >= 0.3 is 0 Å². The number of halogens is 3. The molecule has 0 fully saturated rings. The third-order valence-corrected chi connectivity index (χ3v) is 4.61. The highest BCUT2D eigenvalue weighted by molar-refractivity contribution is 9.10. The lowest BCUT2D eigenvalue weighted by atomic mass is 10.0. The lowest BCUT2D eigenvalue weighted by Gasteiger charge is -2.14. The van der Waals surface area contributed by atoms with Crippen molar-refractivity contribution in [3.8, 4) is 0 Å². The SMILES string of the molecule is CCn1nc(C)c(Cl)c1CC(O)c1cc(Cl)ccc1Br. The summed E-state index contributed by atoms with van der Waals surface area (Å²) in [6, 6.07) is 5.35. The molecule has 0 saturated carbocycles. The van der Waals surface area contributed by atoms with Gasteiger partial charge in [0.25, 0.3) is 0 Å². The molecule has 20 heavy (non-hydrogen) atoms. The first-order valence-electron chi connectivity index (χ1n) is 6.28. The number of benzene rings is 1. The standard InChI is InChI=1S/C14H15BrCl2N2O/c1-3-19-12(14(17)8(2)18-19)7-13(20)10-6-9(16)4-5-11(10)15/h4-6,13,20H,3,7H2,1-2H3. The summed E-state index contributed by atoms with van der Waals surface area (Å²) >= 11 is 15.7. The maximum atomic E-state index is 10.4. The number of nitrogens with zero attached hydrogens (tertiary/aromatic N) is 2. The van der Waals surface area contributed by atoms with Crippen LogP contribution in [0.1, 0.15) is 30.0 Å². The third kappa shape index (κ3) is 3.19. The average Bonchev–Trinajstić information content (AvgIpc) is 2.69. The predicted octanol–water partition coefficient (Wildman–Crippen LogP) is 4.56. The van der Waals surface area contributed by atoms with E-state index in [2.05, 4.69) is 21.0 Å². The molecular formula is C14H15BrCl2N2O. The van der Waals surface area contributed by atoms with Crippen LogP contribution < -0.4 is 0 Å². The number of hydrogen-bond acceptors (Lipinski definition) is 2. The van der Waals surface area contributed by atoms with Gasteiger partial charge in [-0.1, -0.05) is 39.1 Å². The minimum absolute atomic E-state index is 0.395. The van der Waals surface area contributed by atoms with Gasteiger partial charge in [-0.05, 0) is 37.6 Å². The van der Waals surface area contributed by atoms with Crippen LogP contribution in [0.4, 0.5) is 0 Å². The summed E-state index contributed by atoms with van der Waals surface area (Å²) in [6.45, 7) is 4.57. The molecule has 1 aromatic carbocycles. The van der Waals surface area contributed by atoms with Crippen molar-refractivity contribution < 1.29 is 5.11 Å². The number of aliphatic hydroxyl groups excluding tert-OH is 1.